The molecule has 16 heavy (non-hydrogen) atoms. The summed E-state index contributed by atoms with van der Waals surface area (Å²) in [6, 6.07) is 3.88. The van der Waals surface area contributed by atoms with Gasteiger partial charge in [0.05, 0.1) is 5.52 Å². The van der Waals surface area contributed by atoms with Crippen molar-refractivity contribution < 1.29 is 0 Å². The lowest BCUT2D eigenvalue weighted by Crippen LogP contribution is -2.12. The molecule has 0 aliphatic heterocycles. The van der Waals surface area contributed by atoms with Gasteiger partial charge in [0.1, 0.15) is 10.4 Å². The van der Waals surface area contributed by atoms with Gasteiger partial charge in [0.25, 0.3) is 0 Å². The molecule has 4 heteroatoms. The van der Waals surface area contributed by atoms with Crippen LogP contribution in [0.25, 0.3) is 5.52 Å². The van der Waals surface area contributed by atoms with E-state index in [0.29, 0.717) is 0 Å². The summed E-state index contributed by atoms with van der Waals surface area (Å²) in [5.41, 5.74) is 7.84. The average Bonchev–Trinajstić information content (AvgIpc) is 2.40. The van der Waals surface area contributed by atoms with Crippen LogP contribution < -0.4 is 5.73 Å². The minimum atomic E-state index is 0.214. The smallest absolute Gasteiger partial charge is 0.132 e. The van der Waals surface area contributed by atoms with E-state index in [4.69, 9.17) is 5.73 Å². The summed E-state index contributed by atoms with van der Waals surface area (Å²) in [6.45, 7) is 6.61. The van der Waals surface area contributed by atoms with E-state index in [1.807, 2.05) is 18.3 Å². The molecule has 2 aromatic heterocycles. The van der Waals surface area contributed by atoms with Gasteiger partial charge >= 0.3 is 0 Å². The number of aromatic nitrogens is 2. The number of halogens is 1. The van der Waals surface area contributed by atoms with E-state index in [0.717, 1.165) is 28.1 Å². The molecule has 0 bridgehead atoms. The van der Waals surface area contributed by atoms with E-state index in [1.54, 1.807) is 0 Å². The number of imidazole rings is 1. The molecule has 0 aromatic carbocycles. The maximum Gasteiger partial charge on any atom is 0.132 e. The number of anilines is 1. The molecule has 0 radical (unpaired) electrons. The lowest BCUT2D eigenvalue weighted by atomic mass is 9.92. The van der Waals surface area contributed by atoms with E-state index in [1.165, 1.54) is 0 Å². The maximum atomic E-state index is 5.80. The number of hydrogen-bond acceptors (Lipinski definition) is 2. The van der Waals surface area contributed by atoms with Gasteiger partial charge in [0, 0.05) is 18.3 Å². The first-order valence-corrected chi connectivity index (χ1v) is 6.08. The number of nitrogens with zero attached hydrogens (tertiary/aromatic N) is 2. The third-order valence-corrected chi connectivity index (χ3v) is 2.96. The second-order valence-electron chi connectivity index (χ2n) is 5.27. The van der Waals surface area contributed by atoms with Gasteiger partial charge in [-0.25, -0.2) is 4.98 Å². The van der Waals surface area contributed by atoms with Gasteiger partial charge in [-0.3, -0.25) is 0 Å². The van der Waals surface area contributed by atoms with Crippen molar-refractivity contribution >= 4 is 27.1 Å². The highest BCUT2D eigenvalue weighted by molar-refractivity contribution is 9.10. The topological polar surface area (TPSA) is 43.3 Å². The van der Waals surface area contributed by atoms with Crippen molar-refractivity contribution in [1.29, 1.82) is 0 Å². The van der Waals surface area contributed by atoms with E-state index in [-0.39, 0.29) is 5.41 Å². The minimum absolute atomic E-state index is 0.214. The molecular formula is C12H16BrN3. The normalized spacial score (nSPS) is 12.2. The summed E-state index contributed by atoms with van der Waals surface area (Å²) in [6.07, 6.45) is 2.84. The Labute approximate surface area is 104 Å². The first-order chi connectivity index (χ1) is 7.37. The second-order valence-corrected chi connectivity index (χ2v) is 6.03. The molecule has 2 aromatic rings. The van der Waals surface area contributed by atoms with Crippen molar-refractivity contribution in [1.82, 2.24) is 9.38 Å². The van der Waals surface area contributed by atoms with E-state index in [2.05, 4.69) is 46.1 Å². The third-order valence-electron chi connectivity index (χ3n) is 2.38. The Bertz CT molecular complexity index is 523. The van der Waals surface area contributed by atoms with Crippen molar-refractivity contribution in [3.63, 3.8) is 0 Å². The van der Waals surface area contributed by atoms with Crippen LogP contribution in [0.5, 0.6) is 0 Å². The molecule has 0 fully saturated rings. The predicted molar refractivity (Wildman–Crippen MR) is 70.5 cm³/mol. The summed E-state index contributed by atoms with van der Waals surface area (Å²) in [7, 11) is 0. The highest BCUT2D eigenvalue weighted by Gasteiger charge is 2.17. The number of rotatable bonds is 1. The van der Waals surface area contributed by atoms with Crippen LogP contribution in [0.1, 0.15) is 26.6 Å². The first-order valence-electron chi connectivity index (χ1n) is 5.29. The van der Waals surface area contributed by atoms with Crippen LogP contribution in [0.2, 0.25) is 0 Å². The van der Waals surface area contributed by atoms with Crippen LogP contribution in [0.3, 0.4) is 0 Å². The second kappa shape index (κ2) is 3.77. The van der Waals surface area contributed by atoms with Crippen molar-refractivity contribution in [2.75, 3.05) is 5.73 Å². The van der Waals surface area contributed by atoms with Gasteiger partial charge < -0.3 is 10.1 Å². The molecule has 0 saturated heterocycles. The van der Waals surface area contributed by atoms with Crippen molar-refractivity contribution in [2.24, 2.45) is 5.41 Å². The highest BCUT2D eigenvalue weighted by atomic mass is 79.9. The average molecular weight is 282 g/mol. The number of hydrogen-bond donors (Lipinski definition) is 1. The summed E-state index contributed by atoms with van der Waals surface area (Å²) < 4.78 is 2.94. The predicted octanol–water partition coefficient (Wildman–Crippen LogP) is 3.27. The standard InChI is InChI=1S/C12H16BrN3/c1-12(2,3)6-10-15-11(13)9-5-4-8(14)7-16(9)10/h4-5,7H,6,14H2,1-3H3. The van der Waals surface area contributed by atoms with Crippen LogP contribution >= 0.6 is 15.9 Å². The molecule has 2 N–H and O–H groups in total. The van der Waals surface area contributed by atoms with Crippen LogP contribution in [0.15, 0.2) is 22.9 Å². The number of fused-ring (bicyclic) bond motifs is 1. The lowest BCUT2D eigenvalue weighted by molar-refractivity contribution is 0.400. The third kappa shape index (κ3) is 2.21. The SMILES string of the molecule is CC(C)(C)Cc1nc(Br)c2ccc(N)cn12. The molecule has 0 spiro atoms. The van der Waals surface area contributed by atoms with Crippen molar-refractivity contribution in [3.05, 3.63) is 28.8 Å². The van der Waals surface area contributed by atoms with Crippen molar-refractivity contribution in [3.8, 4) is 0 Å². The minimum Gasteiger partial charge on any atom is -0.398 e. The Hall–Kier alpha value is -1.03. The first kappa shape index (κ1) is 11.5. The zero-order valence-corrected chi connectivity index (χ0v) is 11.4. The monoisotopic (exact) mass is 281 g/mol. The Morgan fingerprint density at radius 3 is 2.69 bits per heavy atom. The Kier molecular flexibility index (Phi) is 2.70. The highest BCUT2D eigenvalue weighted by Crippen LogP contribution is 2.25. The zero-order valence-electron chi connectivity index (χ0n) is 9.79. The fourth-order valence-corrected chi connectivity index (χ4v) is 2.25. The van der Waals surface area contributed by atoms with Gasteiger partial charge in [-0.15, -0.1) is 0 Å². The van der Waals surface area contributed by atoms with Crippen molar-refractivity contribution in [2.45, 2.75) is 27.2 Å². The molecular weight excluding hydrogens is 266 g/mol. The van der Waals surface area contributed by atoms with Crippen LogP contribution in [0, 0.1) is 5.41 Å². The summed E-state index contributed by atoms with van der Waals surface area (Å²) in [5, 5.41) is 0. The molecule has 3 nitrogen and oxygen atoms in total. The molecule has 0 saturated carbocycles. The Balaban J connectivity index is 2.57. The van der Waals surface area contributed by atoms with E-state index in [9.17, 15) is 0 Å². The van der Waals surface area contributed by atoms with Crippen LogP contribution in [0.4, 0.5) is 5.69 Å². The summed E-state index contributed by atoms with van der Waals surface area (Å²) >= 11 is 3.48. The van der Waals surface area contributed by atoms with Gasteiger partial charge in [-0.2, -0.15) is 0 Å². The van der Waals surface area contributed by atoms with Gasteiger partial charge in [-0.05, 0) is 33.5 Å². The van der Waals surface area contributed by atoms with Crippen LogP contribution in [-0.4, -0.2) is 9.38 Å². The fourth-order valence-electron chi connectivity index (χ4n) is 1.72. The van der Waals surface area contributed by atoms with E-state index >= 15 is 0 Å². The maximum absolute atomic E-state index is 5.80. The lowest BCUT2D eigenvalue weighted by Gasteiger charge is -2.16. The molecule has 0 aliphatic rings. The molecule has 0 amide bonds. The fraction of sp³-hybridized carbons (Fsp3) is 0.417. The Morgan fingerprint density at radius 1 is 1.38 bits per heavy atom. The van der Waals surface area contributed by atoms with Gasteiger partial charge in [0.15, 0.2) is 0 Å². The molecule has 86 valence electrons. The number of nitrogen functional groups attached to an aromatic ring is 1. The molecule has 0 aliphatic carbocycles. The molecule has 0 atom stereocenters. The van der Waals surface area contributed by atoms with Gasteiger partial charge in [0.2, 0.25) is 0 Å². The quantitative estimate of drug-likeness (QED) is 0.872. The summed E-state index contributed by atoms with van der Waals surface area (Å²) in [4.78, 5) is 4.54. The van der Waals surface area contributed by atoms with E-state index < -0.39 is 0 Å². The molecule has 2 rings (SSSR count). The number of nitrogens with two attached hydrogens (primary N) is 1. The van der Waals surface area contributed by atoms with Gasteiger partial charge in [-0.1, -0.05) is 20.8 Å². The molecule has 0 unspecified atom stereocenters. The largest absolute Gasteiger partial charge is 0.398 e. The molecule has 2 heterocycles. The Morgan fingerprint density at radius 2 is 2.06 bits per heavy atom. The summed E-state index contributed by atoms with van der Waals surface area (Å²) in [5.74, 6) is 1.04. The zero-order chi connectivity index (χ0) is 11.9. The van der Waals surface area contributed by atoms with Crippen LogP contribution in [-0.2, 0) is 6.42 Å². The number of pyridine rings is 1.